The van der Waals surface area contributed by atoms with E-state index in [1.54, 1.807) is 4.90 Å². The Bertz CT molecular complexity index is 361. The first-order valence-electron chi connectivity index (χ1n) is 5.70. The number of benzene rings is 1. The van der Waals surface area contributed by atoms with Gasteiger partial charge in [0.05, 0.1) is 0 Å². The SMILES string of the molecule is NOCC(=O)N1CCN(c2ccccc2)CC1. The van der Waals surface area contributed by atoms with Gasteiger partial charge in [-0.25, -0.2) is 5.90 Å². The lowest BCUT2D eigenvalue weighted by molar-refractivity contribution is -0.136. The number of anilines is 1. The molecule has 0 radical (unpaired) electrons. The average molecular weight is 235 g/mol. The number of hydrogen-bond donors (Lipinski definition) is 1. The number of nitrogens with two attached hydrogens (primary N) is 1. The molecular formula is C12H17N3O2. The largest absolute Gasteiger partial charge is 0.368 e. The second kappa shape index (κ2) is 5.65. The van der Waals surface area contributed by atoms with Crippen LogP contribution in [-0.2, 0) is 9.63 Å². The molecule has 2 N–H and O–H groups in total. The van der Waals surface area contributed by atoms with Crippen molar-refractivity contribution in [2.75, 3.05) is 37.7 Å². The Balaban J connectivity index is 1.88. The van der Waals surface area contributed by atoms with Crippen molar-refractivity contribution in [1.82, 2.24) is 4.90 Å². The maximum Gasteiger partial charge on any atom is 0.250 e. The van der Waals surface area contributed by atoms with E-state index in [-0.39, 0.29) is 12.5 Å². The quantitative estimate of drug-likeness (QED) is 0.762. The van der Waals surface area contributed by atoms with Crippen LogP contribution >= 0.6 is 0 Å². The monoisotopic (exact) mass is 235 g/mol. The zero-order valence-electron chi connectivity index (χ0n) is 9.71. The van der Waals surface area contributed by atoms with Gasteiger partial charge in [0.15, 0.2) is 0 Å². The van der Waals surface area contributed by atoms with Gasteiger partial charge < -0.3 is 9.80 Å². The van der Waals surface area contributed by atoms with E-state index in [9.17, 15) is 4.79 Å². The molecule has 0 saturated carbocycles. The average Bonchev–Trinajstić information content (AvgIpc) is 2.40. The highest BCUT2D eigenvalue weighted by molar-refractivity contribution is 5.77. The van der Waals surface area contributed by atoms with Gasteiger partial charge in [-0.15, -0.1) is 0 Å². The minimum Gasteiger partial charge on any atom is -0.368 e. The number of para-hydroxylation sites is 1. The van der Waals surface area contributed by atoms with Crippen molar-refractivity contribution < 1.29 is 9.63 Å². The summed E-state index contributed by atoms with van der Waals surface area (Å²) >= 11 is 0. The van der Waals surface area contributed by atoms with Crippen LogP contribution in [0.4, 0.5) is 5.69 Å². The molecule has 5 nitrogen and oxygen atoms in total. The lowest BCUT2D eigenvalue weighted by Gasteiger charge is -2.35. The van der Waals surface area contributed by atoms with E-state index >= 15 is 0 Å². The molecule has 0 spiro atoms. The summed E-state index contributed by atoms with van der Waals surface area (Å²) in [6, 6.07) is 10.2. The van der Waals surface area contributed by atoms with E-state index in [1.165, 1.54) is 5.69 Å². The lowest BCUT2D eigenvalue weighted by Crippen LogP contribution is -2.49. The number of carbonyl (C=O) groups is 1. The molecule has 1 amide bonds. The smallest absolute Gasteiger partial charge is 0.250 e. The summed E-state index contributed by atoms with van der Waals surface area (Å²) in [5.41, 5.74) is 1.20. The summed E-state index contributed by atoms with van der Waals surface area (Å²) in [7, 11) is 0. The summed E-state index contributed by atoms with van der Waals surface area (Å²) in [4.78, 5) is 20.0. The standard InChI is InChI=1S/C12H17N3O2/c13-17-10-12(16)15-8-6-14(7-9-15)11-4-2-1-3-5-11/h1-5H,6-10,13H2. The molecule has 17 heavy (non-hydrogen) atoms. The van der Waals surface area contributed by atoms with Crippen molar-refractivity contribution in [3.05, 3.63) is 30.3 Å². The summed E-state index contributed by atoms with van der Waals surface area (Å²) in [5.74, 6) is 4.86. The number of rotatable bonds is 3. The minimum atomic E-state index is -0.0415. The highest BCUT2D eigenvalue weighted by Crippen LogP contribution is 2.15. The molecule has 1 aliphatic rings. The third-order valence-corrected chi connectivity index (χ3v) is 2.96. The Morgan fingerprint density at radius 3 is 2.41 bits per heavy atom. The first kappa shape index (κ1) is 11.9. The molecule has 5 heteroatoms. The summed E-state index contributed by atoms with van der Waals surface area (Å²) in [6.45, 7) is 3.10. The van der Waals surface area contributed by atoms with Crippen LogP contribution < -0.4 is 10.8 Å². The van der Waals surface area contributed by atoms with Crippen LogP contribution in [-0.4, -0.2) is 43.6 Å². The zero-order valence-corrected chi connectivity index (χ0v) is 9.71. The number of nitrogens with zero attached hydrogens (tertiary/aromatic N) is 2. The van der Waals surface area contributed by atoms with Gasteiger partial charge in [-0.3, -0.25) is 9.63 Å². The Kier molecular flexibility index (Phi) is 3.95. The third kappa shape index (κ3) is 2.95. The van der Waals surface area contributed by atoms with Crippen LogP contribution in [0.1, 0.15) is 0 Å². The molecule has 1 aliphatic heterocycles. The van der Waals surface area contributed by atoms with Crippen molar-refractivity contribution in [2.45, 2.75) is 0 Å². The Labute approximate surface area is 101 Å². The molecular weight excluding hydrogens is 218 g/mol. The van der Waals surface area contributed by atoms with Gasteiger partial charge in [0.2, 0.25) is 0 Å². The van der Waals surface area contributed by atoms with Crippen LogP contribution in [0.3, 0.4) is 0 Å². The maximum atomic E-state index is 11.5. The van der Waals surface area contributed by atoms with Gasteiger partial charge in [0, 0.05) is 31.9 Å². The molecule has 0 aromatic heterocycles. The predicted molar refractivity (Wildman–Crippen MR) is 65.4 cm³/mol. The normalized spacial score (nSPS) is 16.1. The fourth-order valence-electron chi connectivity index (χ4n) is 2.02. The summed E-state index contributed by atoms with van der Waals surface area (Å²) in [5, 5.41) is 0. The van der Waals surface area contributed by atoms with E-state index in [0.717, 1.165) is 26.2 Å². The second-order valence-electron chi connectivity index (χ2n) is 4.01. The molecule has 1 fully saturated rings. The van der Waals surface area contributed by atoms with Crippen molar-refractivity contribution in [1.29, 1.82) is 0 Å². The van der Waals surface area contributed by atoms with Crippen LogP contribution in [0.2, 0.25) is 0 Å². The molecule has 1 aromatic carbocycles. The van der Waals surface area contributed by atoms with Gasteiger partial charge in [0.1, 0.15) is 6.61 Å². The molecule has 92 valence electrons. The third-order valence-electron chi connectivity index (χ3n) is 2.96. The molecule has 0 atom stereocenters. The predicted octanol–water partition coefficient (Wildman–Crippen LogP) is 0.226. The number of hydrogen-bond acceptors (Lipinski definition) is 4. The van der Waals surface area contributed by atoms with E-state index in [2.05, 4.69) is 21.9 Å². The maximum absolute atomic E-state index is 11.5. The van der Waals surface area contributed by atoms with E-state index in [1.807, 2.05) is 18.2 Å². The number of piperazine rings is 1. The highest BCUT2D eigenvalue weighted by Gasteiger charge is 2.20. The van der Waals surface area contributed by atoms with Gasteiger partial charge in [-0.05, 0) is 12.1 Å². The molecule has 2 rings (SSSR count). The molecule has 0 unspecified atom stereocenters. The van der Waals surface area contributed by atoms with Crippen LogP contribution in [0, 0.1) is 0 Å². The number of carbonyl (C=O) groups excluding carboxylic acids is 1. The van der Waals surface area contributed by atoms with Gasteiger partial charge in [-0.2, -0.15) is 0 Å². The second-order valence-corrected chi connectivity index (χ2v) is 4.01. The fourth-order valence-corrected chi connectivity index (χ4v) is 2.02. The van der Waals surface area contributed by atoms with Crippen molar-refractivity contribution >= 4 is 11.6 Å². The minimum absolute atomic E-state index is 0.0364. The Hall–Kier alpha value is -1.59. The first-order chi connectivity index (χ1) is 8.31. The molecule has 0 bridgehead atoms. The summed E-state index contributed by atoms with van der Waals surface area (Å²) in [6.07, 6.45) is 0. The highest BCUT2D eigenvalue weighted by atomic mass is 16.6. The van der Waals surface area contributed by atoms with E-state index in [4.69, 9.17) is 5.90 Å². The lowest BCUT2D eigenvalue weighted by atomic mass is 10.2. The number of amides is 1. The molecule has 0 aliphatic carbocycles. The van der Waals surface area contributed by atoms with E-state index in [0.29, 0.717) is 0 Å². The Morgan fingerprint density at radius 1 is 1.18 bits per heavy atom. The van der Waals surface area contributed by atoms with E-state index < -0.39 is 0 Å². The van der Waals surface area contributed by atoms with Crippen LogP contribution in [0.25, 0.3) is 0 Å². The van der Waals surface area contributed by atoms with Crippen LogP contribution in [0.5, 0.6) is 0 Å². The fraction of sp³-hybridized carbons (Fsp3) is 0.417. The molecule has 1 aromatic rings. The van der Waals surface area contributed by atoms with Crippen LogP contribution in [0.15, 0.2) is 30.3 Å². The molecule has 1 heterocycles. The van der Waals surface area contributed by atoms with Gasteiger partial charge in [0.25, 0.3) is 5.91 Å². The summed E-state index contributed by atoms with van der Waals surface area (Å²) < 4.78 is 0. The van der Waals surface area contributed by atoms with Crippen molar-refractivity contribution in [3.8, 4) is 0 Å². The Morgan fingerprint density at radius 2 is 1.82 bits per heavy atom. The van der Waals surface area contributed by atoms with Gasteiger partial charge >= 0.3 is 0 Å². The van der Waals surface area contributed by atoms with Crippen molar-refractivity contribution in [3.63, 3.8) is 0 Å². The van der Waals surface area contributed by atoms with Gasteiger partial charge in [-0.1, -0.05) is 18.2 Å². The van der Waals surface area contributed by atoms with Crippen molar-refractivity contribution in [2.24, 2.45) is 5.90 Å². The topological polar surface area (TPSA) is 58.8 Å². The zero-order chi connectivity index (χ0) is 12.1. The first-order valence-corrected chi connectivity index (χ1v) is 5.70. The molecule has 1 saturated heterocycles.